The van der Waals surface area contributed by atoms with Crippen molar-refractivity contribution in [3.63, 3.8) is 0 Å². The van der Waals surface area contributed by atoms with Crippen molar-refractivity contribution in [1.29, 1.82) is 0 Å². The van der Waals surface area contributed by atoms with Crippen molar-refractivity contribution in [3.05, 3.63) is 16.6 Å². The average molecular weight is 184 g/mol. The average Bonchev–Trinajstić information content (AvgIpc) is 2.34. The van der Waals surface area contributed by atoms with E-state index in [4.69, 9.17) is 0 Å². The van der Waals surface area contributed by atoms with Crippen LogP contribution in [0, 0.1) is 6.92 Å². The van der Waals surface area contributed by atoms with E-state index < -0.39 is 0 Å². The zero-order valence-corrected chi connectivity index (χ0v) is 8.31. The normalized spacial score (nSPS) is 10.7. The Balaban J connectivity index is 2.65. The van der Waals surface area contributed by atoms with Crippen molar-refractivity contribution in [2.45, 2.75) is 6.92 Å². The van der Waals surface area contributed by atoms with Crippen LogP contribution < -0.4 is 0 Å². The molecular weight excluding hydrogens is 172 g/mol. The fourth-order valence-corrected chi connectivity index (χ4v) is 1.54. The molecule has 0 amide bonds. The number of hydrogen-bond acceptors (Lipinski definition) is 4. The van der Waals surface area contributed by atoms with Gasteiger partial charge in [0.25, 0.3) is 0 Å². The van der Waals surface area contributed by atoms with Crippen molar-refractivity contribution in [2.24, 2.45) is 0 Å². The van der Waals surface area contributed by atoms with Crippen LogP contribution in [0.3, 0.4) is 0 Å². The minimum atomic E-state index is 0.144. The molecule has 0 spiro atoms. The molecule has 3 nitrogen and oxygen atoms in total. The highest BCUT2D eigenvalue weighted by molar-refractivity contribution is 7.08. The number of ketones is 1. The maximum Gasteiger partial charge on any atom is 0.188 e. The number of nitrogens with zero attached hydrogens (tertiary/aromatic N) is 2. The van der Waals surface area contributed by atoms with Gasteiger partial charge in [-0.25, -0.2) is 0 Å². The molecule has 66 valence electrons. The molecule has 0 aliphatic rings. The van der Waals surface area contributed by atoms with Crippen LogP contribution in [0.1, 0.15) is 15.4 Å². The quantitative estimate of drug-likeness (QED) is 0.662. The highest BCUT2D eigenvalue weighted by Crippen LogP contribution is 2.09. The van der Waals surface area contributed by atoms with E-state index in [1.165, 1.54) is 11.5 Å². The van der Waals surface area contributed by atoms with Crippen LogP contribution in [0.25, 0.3) is 0 Å². The number of carbonyl (C=O) groups excluding carboxylic acids is 1. The molecule has 12 heavy (non-hydrogen) atoms. The highest BCUT2D eigenvalue weighted by atomic mass is 32.1. The molecule has 0 unspecified atom stereocenters. The number of hydrogen-bond donors (Lipinski definition) is 0. The Morgan fingerprint density at radius 3 is 2.75 bits per heavy atom. The lowest BCUT2D eigenvalue weighted by Crippen LogP contribution is -2.20. The zero-order valence-electron chi connectivity index (χ0n) is 7.50. The Kier molecular flexibility index (Phi) is 2.94. The number of aryl methyl sites for hydroxylation is 1. The minimum absolute atomic E-state index is 0.144. The van der Waals surface area contributed by atoms with E-state index in [-0.39, 0.29) is 5.78 Å². The molecule has 0 aliphatic carbocycles. The van der Waals surface area contributed by atoms with E-state index in [2.05, 4.69) is 4.37 Å². The largest absolute Gasteiger partial charge is 0.302 e. The molecule has 0 fully saturated rings. The Morgan fingerprint density at radius 1 is 1.67 bits per heavy atom. The lowest BCUT2D eigenvalue weighted by molar-refractivity contribution is 0.0962. The van der Waals surface area contributed by atoms with E-state index in [9.17, 15) is 4.79 Å². The number of Topliss-reactive ketones (excluding diaryl/α,β-unsaturated/α-hetero) is 1. The van der Waals surface area contributed by atoms with Crippen molar-refractivity contribution < 1.29 is 4.79 Å². The van der Waals surface area contributed by atoms with Crippen LogP contribution in [-0.4, -0.2) is 35.7 Å². The van der Waals surface area contributed by atoms with Gasteiger partial charge in [0.05, 0.1) is 17.1 Å². The number of aromatic nitrogens is 1. The Hall–Kier alpha value is -0.740. The van der Waals surface area contributed by atoms with Crippen LogP contribution in [0.2, 0.25) is 0 Å². The first-order valence-corrected chi connectivity index (χ1v) is 4.48. The summed E-state index contributed by atoms with van der Waals surface area (Å²) in [4.78, 5) is 14.0. The van der Waals surface area contributed by atoms with Gasteiger partial charge >= 0.3 is 0 Å². The molecule has 4 heteroatoms. The Bertz CT molecular complexity index is 280. The fraction of sp³-hybridized carbons (Fsp3) is 0.500. The van der Waals surface area contributed by atoms with Crippen LogP contribution in [0.5, 0.6) is 0 Å². The third kappa shape index (κ3) is 2.39. The third-order valence-corrected chi connectivity index (χ3v) is 2.28. The number of rotatable bonds is 3. The summed E-state index contributed by atoms with van der Waals surface area (Å²) in [6.07, 6.45) is 0. The summed E-state index contributed by atoms with van der Waals surface area (Å²) >= 11 is 1.27. The maximum atomic E-state index is 11.4. The van der Waals surface area contributed by atoms with Crippen LogP contribution in [0.15, 0.2) is 6.07 Å². The molecule has 0 bridgehead atoms. The molecule has 0 atom stereocenters. The summed E-state index contributed by atoms with van der Waals surface area (Å²) in [5.41, 5.74) is 0.919. The van der Waals surface area contributed by atoms with Crippen molar-refractivity contribution in [1.82, 2.24) is 9.27 Å². The summed E-state index contributed by atoms with van der Waals surface area (Å²) in [5.74, 6) is 0.144. The second kappa shape index (κ2) is 3.78. The molecular formula is C8H12N2OS. The van der Waals surface area contributed by atoms with Gasteiger partial charge in [0.2, 0.25) is 0 Å². The molecule has 0 aromatic carbocycles. The number of likely N-dealkylation sites (N-methyl/N-ethyl adjacent to an activating group) is 1. The van der Waals surface area contributed by atoms with Crippen LogP contribution in [0.4, 0.5) is 0 Å². The molecule has 0 N–H and O–H groups in total. The molecule has 0 radical (unpaired) electrons. The first-order chi connectivity index (χ1) is 5.59. The van der Waals surface area contributed by atoms with Gasteiger partial charge in [-0.3, -0.25) is 4.79 Å². The smallest absolute Gasteiger partial charge is 0.188 e. The van der Waals surface area contributed by atoms with Gasteiger partial charge in [-0.2, -0.15) is 4.37 Å². The van der Waals surface area contributed by atoms with Gasteiger partial charge < -0.3 is 4.90 Å². The van der Waals surface area contributed by atoms with Crippen molar-refractivity contribution >= 4 is 17.3 Å². The minimum Gasteiger partial charge on any atom is -0.302 e. The molecule has 1 rings (SSSR count). The van der Waals surface area contributed by atoms with Gasteiger partial charge in [0.1, 0.15) is 0 Å². The SMILES string of the molecule is Cc1cc(C(=O)CN(C)C)sn1. The second-order valence-corrected chi connectivity index (χ2v) is 3.80. The Labute approximate surface area is 76.2 Å². The summed E-state index contributed by atoms with van der Waals surface area (Å²) < 4.78 is 4.05. The molecule has 0 saturated carbocycles. The molecule has 0 saturated heterocycles. The lowest BCUT2D eigenvalue weighted by atomic mass is 10.3. The van der Waals surface area contributed by atoms with E-state index >= 15 is 0 Å². The van der Waals surface area contributed by atoms with Gasteiger partial charge in [0.15, 0.2) is 5.78 Å². The standard InChI is InChI=1S/C8H12N2OS/c1-6-4-8(12-9-6)7(11)5-10(2)3/h4H,5H2,1-3H3. The topological polar surface area (TPSA) is 33.2 Å². The van der Waals surface area contributed by atoms with E-state index in [1.54, 1.807) is 0 Å². The fourth-order valence-electron chi connectivity index (χ4n) is 0.860. The van der Waals surface area contributed by atoms with Crippen LogP contribution >= 0.6 is 11.5 Å². The first-order valence-electron chi connectivity index (χ1n) is 3.71. The molecule has 1 aromatic rings. The summed E-state index contributed by atoms with van der Waals surface area (Å²) in [7, 11) is 3.76. The third-order valence-electron chi connectivity index (χ3n) is 1.36. The molecule has 1 aromatic heterocycles. The van der Waals surface area contributed by atoms with Gasteiger partial charge in [-0.05, 0) is 38.6 Å². The van der Waals surface area contributed by atoms with Crippen molar-refractivity contribution in [2.75, 3.05) is 20.6 Å². The predicted octanol–water partition coefficient (Wildman–Crippen LogP) is 1.20. The molecule has 0 aliphatic heterocycles. The summed E-state index contributed by atoms with van der Waals surface area (Å²) in [6, 6.07) is 1.83. The predicted molar refractivity (Wildman–Crippen MR) is 49.7 cm³/mol. The van der Waals surface area contributed by atoms with Gasteiger partial charge in [-0.15, -0.1) is 0 Å². The monoisotopic (exact) mass is 184 g/mol. The van der Waals surface area contributed by atoms with E-state index in [0.29, 0.717) is 6.54 Å². The first kappa shape index (κ1) is 9.35. The van der Waals surface area contributed by atoms with Crippen LogP contribution in [-0.2, 0) is 0 Å². The molecule has 1 heterocycles. The number of carbonyl (C=O) groups is 1. The van der Waals surface area contributed by atoms with E-state index in [0.717, 1.165) is 10.6 Å². The van der Waals surface area contributed by atoms with Crippen molar-refractivity contribution in [3.8, 4) is 0 Å². The van der Waals surface area contributed by atoms with Gasteiger partial charge in [0, 0.05) is 0 Å². The zero-order chi connectivity index (χ0) is 9.14. The maximum absolute atomic E-state index is 11.4. The van der Waals surface area contributed by atoms with Gasteiger partial charge in [-0.1, -0.05) is 0 Å². The Morgan fingerprint density at radius 2 is 2.33 bits per heavy atom. The summed E-state index contributed by atoms with van der Waals surface area (Å²) in [5, 5.41) is 0. The highest BCUT2D eigenvalue weighted by Gasteiger charge is 2.09. The lowest BCUT2D eigenvalue weighted by Gasteiger charge is -2.05. The summed E-state index contributed by atoms with van der Waals surface area (Å²) in [6.45, 7) is 2.35. The van der Waals surface area contributed by atoms with E-state index in [1.807, 2.05) is 32.0 Å². The second-order valence-electron chi connectivity index (χ2n) is 2.99.